The molecule has 1 rings (SSSR count). The van der Waals surface area contributed by atoms with Crippen molar-refractivity contribution in [2.24, 2.45) is 5.16 Å². The number of rotatable bonds is 6. The maximum Gasteiger partial charge on any atom is 0.223 e. The minimum Gasteiger partial charge on any atom is -0.493 e. The molecule has 0 bridgehead atoms. The molecule has 0 aliphatic carbocycles. The van der Waals surface area contributed by atoms with Gasteiger partial charge in [-0.2, -0.15) is 0 Å². The molecular formula is C14H20N2O3. The van der Waals surface area contributed by atoms with Gasteiger partial charge < -0.3 is 15.3 Å². The number of amides is 1. The van der Waals surface area contributed by atoms with E-state index in [1.54, 1.807) is 31.2 Å². The molecule has 0 heterocycles. The summed E-state index contributed by atoms with van der Waals surface area (Å²) in [6.45, 7) is 5.89. The fourth-order valence-electron chi connectivity index (χ4n) is 1.51. The Balaban J connectivity index is 2.40. The number of benzene rings is 1. The molecule has 0 atom stereocenters. The van der Waals surface area contributed by atoms with Gasteiger partial charge in [0.05, 0.1) is 18.7 Å². The summed E-state index contributed by atoms with van der Waals surface area (Å²) in [6.07, 6.45) is 0.330. The highest BCUT2D eigenvalue weighted by Gasteiger charge is 2.04. The standard InChI is InChI=1S/C14H20N2O3/c1-10(2)15-14(17)8-9-19-13-6-4-12(5-7-13)11(3)16-18/h4-7,10,18H,8-9H2,1-3H3,(H,15,17). The van der Waals surface area contributed by atoms with Crippen LogP contribution in [0, 0.1) is 0 Å². The van der Waals surface area contributed by atoms with Crippen molar-refractivity contribution in [3.63, 3.8) is 0 Å². The number of hydrogen-bond acceptors (Lipinski definition) is 4. The Morgan fingerprint density at radius 3 is 2.53 bits per heavy atom. The summed E-state index contributed by atoms with van der Waals surface area (Å²) in [5.41, 5.74) is 1.37. The maximum atomic E-state index is 11.4. The largest absolute Gasteiger partial charge is 0.493 e. The van der Waals surface area contributed by atoms with Gasteiger partial charge in [0.1, 0.15) is 5.75 Å². The number of hydrogen-bond donors (Lipinski definition) is 2. The van der Waals surface area contributed by atoms with Crippen LogP contribution < -0.4 is 10.1 Å². The number of nitrogens with zero attached hydrogens (tertiary/aromatic N) is 1. The van der Waals surface area contributed by atoms with Crippen LogP contribution in [-0.2, 0) is 4.79 Å². The Morgan fingerprint density at radius 2 is 2.00 bits per heavy atom. The summed E-state index contributed by atoms with van der Waals surface area (Å²) in [5.74, 6) is 0.668. The van der Waals surface area contributed by atoms with Crippen molar-refractivity contribution in [1.29, 1.82) is 0 Å². The van der Waals surface area contributed by atoms with Crippen molar-refractivity contribution in [3.8, 4) is 5.75 Å². The highest BCUT2D eigenvalue weighted by Crippen LogP contribution is 2.13. The molecule has 0 spiro atoms. The first-order chi connectivity index (χ1) is 9.02. The van der Waals surface area contributed by atoms with Gasteiger partial charge in [0.15, 0.2) is 0 Å². The molecular weight excluding hydrogens is 244 g/mol. The van der Waals surface area contributed by atoms with E-state index in [2.05, 4.69) is 10.5 Å². The van der Waals surface area contributed by atoms with Crippen molar-refractivity contribution in [2.45, 2.75) is 33.2 Å². The third-order valence-electron chi connectivity index (χ3n) is 2.47. The Labute approximate surface area is 113 Å². The quantitative estimate of drug-likeness (QED) is 0.470. The fourth-order valence-corrected chi connectivity index (χ4v) is 1.51. The molecule has 0 aliphatic rings. The molecule has 1 aromatic rings. The predicted molar refractivity (Wildman–Crippen MR) is 73.8 cm³/mol. The second kappa shape index (κ2) is 7.41. The highest BCUT2D eigenvalue weighted by molar-refractivity contribution is 5.98. The molecule has 2 N–H and O–H groups in total. The first kappa shape index (κ1) is 15.0. The van der Waals surface area contributed by atoms with E-state index in [1.807, 2.05) is 13.8 Å². The van der Waals surface area contributed by atoms with E-state index in [0.29, 0.717) is 24.5 Å². The summed E-state index contributed by atoms with van der Waals surface area (Å²) in [4.78, 5) is 11.4. The maximum absolute atomic E-state index is 11.4. The van der Waals surface area contributed by atoms with Crippen molar-refractivity contribution >= 4 is 11.6 Å². The van der Waals surface area contributed by atoms with Crippen molar-refractivity contribution < 1.29 is 14.7 Å². The smallest absolute Gasteiger partial charge is 0.223 e. The van der Waals surface area contributed by atoms with Crippen LogP contribution in [0.15, 0.2) is 29.4 Å². The third-order valence-corrected chi connectivity index (χ3v) is 2.47. The van der Waals surface area contributed by atoms with Crippen molar-refractivity contribution in [3.05, 3.63) is 29.8 Å². The molecule has 0 saturated carbocycles. The number of oxime groups is 1. The van der Waals surface area contributed by atoms with Gasteiger partial charge in [0.2, 0.25) is 5.91 Å². The van der Waals surface area contributed by atoms with E-state index in [1.165, 1.54) is 0 Å². The molecule has 0 unspecified atom stereocenters. The van der Waals surface area contributed by atoms with Crippen LogP contribution in [0.5, 0.6) is 5.75 Å². The highest BCUT2D eigenvalue weighted by atomic mass is 16.5. The monoisotopic (exact) mass is 264 g/mol. The number of ether oxygens (including phenoxy) is 1. The zero-order valence-electron chi connectivity index (χ0n) is 11.5. The molecule has 19 heavy (non-hydrogen) atoms. The molecule has 5 heteroatoms. The zero-order valence-corrected chi connectivity index (χ0v) is 11.5. The number of nitrogens with one attached hydrogen (secondary N) is 1. The third kappa shape index (κ3) is 5.42. The van der Waals surface area contributed by atoms with Crippen LogP contribution in [0.3, 0.4) is 0 Å². The molecule has 0 aromatic heterocycles. The summed E-state index contributed by atoms with van der Waals surface area (Å²) in [6, 6.07) is 7.32. The van der Waals surface area contributed by atoms with Crippen LogP contribution in [0.4, 0.5) is 0 Å². The van der Waals surface area contributed by atoms with Gasteiger partial charge in [-0.05, 0) is 50.6 Å². The second-order valence-corrected chi connectivity index (χ2v) is 4.53. The summed E-state index contributed by atoms with van der Waals surface area (Å²) >= 11 is 0. The van der Waals surface area contributed by atoms with Gasteiger partial charge in [0, 0.05) is 6.04 Å². The minimum atomic E-state index is -0.0186. The van der Waals surface area contributed by atoms with Gasteiger partial charge >= 0.3 is 0 Å². The Bertz CT molecular complexity index is 439. The zero-order chi connectivity index (χ0) is 14.3. The lowest BCUT2D eigenvalue weighted by Crippen LogP contribution is -2.31. The molecule has 5 nitrogen and oxygen atoms in total. The van der Waals surface area contributed by atoms with E-state index < -0.39 is 0 Å². The van der Waals surface area contributed by atoms with Crippen molar-refractivity contribution in [1.82, 2.24) is 5.32 Å². The van der Waals surface area contributed by atoms with Crippen LogP contribution >= 0.6 is 0 Å². The van der Waals surface area contributed by atoms with Gasteiger partial charge in [0.25, 0.3) is 0 Å². The molecule has 0 aliphatic heterocycles. The minimum absolute atomic E-state index is 0.0186. The lowest BCUT2D eigenvalue weighted by atomic mass is 10.1. The summed E-state index contributed by atoms with van der Waals surface area (Å²) in [5, 5.41) is 14.6. The van der Waals surface area contributed by atoms with Crippen LogP contribution in [-0.4, -0.2) is 29.5 Å². The summed E-state index contributed by atoms with van der Waals surface area (Å²) in [7, 11) is 0. The van der Waals surface area contributed by atoms with Gasteiger partial charge in [-0.3, -0.25) is 4.79 Å². The van der Waals surface area contributed by atoms with Crippen LogP contribution in [0.1, 0.15) is 32.8 Å². The van der Waals surface area contributed by atoms with E-state index in [0.717, 1.165) is 5.56 Å². The SMILES string of the molecule is CC(=NO)c1ccc(OCCC(=O)NC(C)C)cc1. The van der Waals surface area contributed by atoms with Gasteiger partial charge in [-0.1, -0.05) is 5.16 Å². The van der Waals surface area contributed by atoms with Gasteiger partial charge in [-0.25, -0.2) is 0 Å². The lowest BCUT2D eigenvalue weighted by Gasteiger charge is -2.09. The summed E-state index contributed by atoms with van der Waals surface area (Å²) < 4.78 is 5.46. The first-order valence-electron chi connectivity index (χ1n) is 6.24. The average Bonchev–Trinajstić information content (AvgIpc) is 2.37. The average molecular weight is 264 g/mol. The predicted octanol–water partition coefficient (Wildman–Crippen LogP) is 2.18. The van der Waals surface area contributed by atoms with E-state index in [4.69, 9.17) is 9.94 Å². The Hall–Kier alpha value is -2.04. The van der Waals surface area contributed by atoms with E-state index >= 15 is 0 Å². The lowest BCUT2D eigenvalue weighted by molar-refractivity contribution is -0.122. The normalized spacial score (nSPS) is 11.5. The molecule has 1 aromatic carbocycles. The van der Waals surface area contributed by atoms with Gasteiger partial charge in [-0.15, -0.1) is 0 Å². The number of carbonyl (C=O) groups excluding carboxylic acids is 1. The first-order valence-corrected chi connectivity index (χ1v) is 6.24. The van der Waals surface area contributed by atoms with E-state index in [-0.39, 0.29) is 11.9 Å². The molecule has 0 saturated heterocycles. The Morgan fingerprint density at radius 1 is 1.37 bits per heavy atom. The van der Waals surface area contributed by atoms with Crippen molar-refractivity contribution in [2.75, 3.05) is 6.61 Å². The topological polar surface area (TPSA) is 70.9 Å². The molecule has 104 valence electrons. The Kier molecular flexibility index (Phi) is 5.85. The molecule has 1 amide bonds. The number of carbonyl (C=O) groups is 1. The fraction of sp³-hybridized carbons (Fsp3) is 0.429. The van der Waals surface area contributed by atoms with Crippen LogP contribution in [0.2, 0.25) is 0 Å². The molecule has 0 radical (unpaired) electrons. The van der Waals surface area contributed by atoms with Crippen LogP contribution in [0.25, 0.3) is 0 Å². The molecule has 0 fully saturated rings. The second-order valence-electron chi connectivity index (χ2n) is 4.53. The van der Waals surface area contributed by atoms with E-state index in [9.17, 15) is 4.79 Å².